The van der Waals surface area contributed by atoms with Crippen molar-refractivity contribution in [2.75, 3.05) is 7.05 Å². The molecule has 2 N–H and O–H groups in total. The molecule has 2 aromatic rings. The zero-order chi connectivity index (χ0) is 13.3. The maximum atomic E-state index is 13.8. The van der Waals surface area contributed by atoms with E-state index in [-0.39, 0.29) is 11.8 Å². The third-order valence-corrected chi connectivity index (χ3v) is 4.22. The van der Waals surface area contributed by atoms with Crippen LogP contribution in [0.25, 0.3) is 10.6 Å². The fourth-order valence-corrected chi connectivity index (χ4v) is 2.89. The quantitative estimate of drug-likeness (QED) is 0.896. The minimum absolute atomic E-state index is 0.0756. The highest BCUT2D eigenvalue weighted by molar-refractivity contribution is 7.15. The zero-order valence-corrected chi connectivity index (χ0v) is 11.3. The van der Waals surface area contributed by atoms with Crippen LogP contribution in [0.2, 0.25) is 0 Å². The Morgan fingerprint density at radius 2 is 2.17 bits per heavy atom. The molecule has 0 aliphatic carbocycles. The first-order valence-corrected chi connectivity index (χ1v) is 6.48. The number of benzene rings is 1. The van der Waals surface area contributed by atoms with Crippen molar-refractivity contribution in [2.45, 2.75) is 19.9 Å². The number of aromatic nitrogens is 1. The van der Waals surface area contributed by atoms with Gasteiger partial charge in [-0.2, -0.15) is 0 Å². The fraction of sp³-hybridized carbons (Fsp3) is 0.308. The van der Waals surface area contributed by atoms with Crippen molar-refractivity contribution >= 4 is 11.3 Å². The summed E-state index contributed by atoms with van der Waals surface area (Å²) < 4.78 is 13.8. The predicted octanol–water partition coefficient (Wildman–Crippen LogP) is 3.24. The summed E-state index contributed by atoms with van der Waals surface area (Å²) in [5.41, 5.74) is 1.33. The number of nitrogens with zero attached hydrogens (tertiary/aromatic N) is 1. The maximum absolute atomic E-state index is 13.8. The van der Waals surface area contributed by atoms with Gasteiger partial charge in [-0.1, -0.05) is 0 Å². The Kier molecular flexibility index (Phi) is 3.63. The molecule has 0 fully saturated rings. The van der Waals surface area contributed by atoms with E-state index in [0.717, 1.165) is 16.6 Å². The highest BCUT2D eigenvalue weighted by atomic mass is 32.1. The fourth-order valence-electron chi connectivity index (χ4n) is 1.73. The molecule has 96 valence electrons. The standard InChI is InChI=1S/C13H15FN2OS/c1-7(15-3)12-8(2)16-13(18-12)10-5-4-9(17)6-11(10)14/h4-7,15,17H,1-3H3. The first-order chi connectivity index (χ1) is 8.52. The van der Waals surface area contributed by atoms with Crippen molar-refractivity contribution in [3.8, 4) is 16.3 Å². The number of phenols is 1. The molecule has 0 bridgehead atoms. The minimum atomic E-state index is -0.451. The Morgan fingerprint density at radius 1 is 1.44 bits per heavy atom. The second kappa shape index (κ2) is 5.04. The number of hydrogen-bond donors (Lipinski definition) is 2. The number of phenolic OH excluding ortho intramolecular Hbond substituents is 1. The second-order valence-corrected chi connectivity index (χ2v) is 5.17. The number of aromatic hydroxyl groups is 1. The molecule has 0 aliphatic rings. The molecule has 18 heavy (non-hydrogen) atoms. The van der Waals surface area contributed by atoms with E-state index < -0.39 is 5.82 Å². The second-order valence-electron chi connectivity index (χ2n) is 4.14. The molecule has 1 atom stereocenters. The monoisotopic (exact) mass is 266 g/mol. The van der Waals surface area contributed by atoms with Crippen molar-refractivity contribution in [1.29, 1.82) is 0 Å². The van der Waals surface area contributed by atoms with Crippen molar-refractivity contribution in [1.82, 2.24) is 10.3 Å². The molecule has 5 heteroatoms. The normalized spacial score (nSPS) is 12.7. The van der Waals surface area contributed by atoms with Crippen LogP contribution in [0.15, 0.2) is 18.2 Å². The lowest BCUT2D eigenvalue weighted by atomic mass is 10.2. The molecule has 1 aromatic heterocycles. The maximum Gasteiger partial charge on any atom is 0.137 e. The molecule has 1 aromatic carbocycles. The molecule has 0 spiro atoms. The van der Waals surface area contributed by atoms with E-state index >= 15 is 0 Å². The molecule has 2 rings (SSSR count). The van der Waals surface area contributed by atoms with Crippen LogP contribution < -0.4 is 5.32 Å². The van der Waals surface area contributed by atoms with E-state index in [9.17, 15) is 9.50 Å². The number of hydrogen-bond acceptors (Lipinski definition) is 4. The zero-order valence-electron chi connectivity index (χ0n) is 10.5. The molecule has 0 saturated carbocycles. The number of rotatable bonds is 3. The molecule has 0 amide bonds. The van der Waals surface area contributed by atoms with E-state index in [2.05, 4.69) is 10.3 Å². The van der Waals surface area contributed by atoms with Gasteiger partial charge in [-0.05, 0) is 33.0 Å². The Hall–Kier alpha value is -1.46. The van der Waals surface area contributed by atoms with Crippen LogP contribution in [0.4, 0.5) is 4.39 Å². The summed E-state index contributed by atoms with van der Waals surface area (Å²) in [6, 6.07) is 4.32. The average molecular weight is 266 g/mol. The van der Waals surface area contributed by atoms with E-state index in [1.807, 2.05) is 20.9 Å². The number of nitrogens with one attached hydrogen (secondary N) is 1. The van der Waals surface area contributed by atoms with Gasteiger partial charge in [0.25, 0.3) is 0 Å². The Morgan fingerprint density at radius 3 is 2.78 bits per heavy atom. The molecule has 1 unspecified atom stereocenters. The molecule has 3 nitrogen and oxygen atoms in total. The van der Waals surface area contributed by atoms with Crippen molar-refractivity contribution in [3.05, 3.63) is 34.6 Å². The summed E-state index contributed by atoms with van der Waals surface area (Å²) in [5.74, 6) is -0.527. The minimum Gasteiger partial charge on any atom is -0.508 e. The van der Waals surface area contributed by atoms with Gasteiger partial charge >= 0.3 is 0 Å². The topological polar surface area (TPSA) is 45.1 Å². The lowest BCUT2D eigenvalue weighted by Gasteiger charge is -2.07. The Labute approximate surface area is 109 Å². The summed E-state index contributed by atoms with van der Waals surface area (Å²) in [5, 5.41) is 13.0. The van der Waals surface area contributed by atoms with E-state index in [0.29, 0.717) is 10.6 Å². The van der Waals surface area contributed by atoms with Gasteiger partial charge in [-0.15, -0.1) is 11.3 Å². The van der Waals surface area contributed by atoms with Crippen molar-refractivity contribution in [2.24, 2.45) is 0 Å². The van der Waals surface area contributed by atoms with Crippen LogP contribution in [0.5, 0.6) is 5.75 Å². The molecule has 1 heterocycles. The van der Waals surface area contributed by atoms with Gasteiger partial charge < -0.3 is 10.4 Å². The molecule has 0 aliphatic heterocycles. The van der Waals surface area contributed by atoms with Crippen molar-refractivity contribution < 1.29 is 9.50 Å². The van der Waals surface area contributed by atoms with E-state index in [1.54, 1.807) is 6.07 Å². The largest absolute Gasteiger partial charge is 0.508 e. The molecule has 0 radical (unpaired) electrons. The Bertz CT molecular complexity index is 568. The summed E-state index contributed by atoms with van der Waals surface area (Å²) in [6.07, 6.45) is 0. The van der Waals surface area contributed by atoms with Gasteiger partial charge in [-0.3, -0.25) is 0 Å². The van der Waals surface area contributed by atoms with Crippen LogP contribution in [0.1, 0.15) is 23.5 Å². The first-order valence-electron chi connectivity index (χ1n) is 5.66. The third-order valence-electron chi connectivity index (χ3n) is 2.84. The number of thiazole rings is 1. The van der Waals surface area contributed by atoms with Gasteiger partial charge in [0.2, 0.25) is 0 Å². The predicted molar refractivity (Wildman–Crippen MR) is 71.4 cm³/mol. The number of halogens is 1. The average Bonchev–Trinajstić information content (AvgIpc) is 2.70. The highest BCUT2D eigenvalue weighted by Crippen LogP contribution is 2.33. The van der Waals surface area contributed by atoms with Gasteiger partial charge in [0, 0.05) is 22.5 Å². The SMILES string of the molecule is CNC(C)c1sc(-c2ccc(O)cc2F)nc1C. The van der Waals surface area contributed by atoms with E-state index in [1.165, 1.54) is 17.4 Å². The highest BCUT2D eigenvalue weighted by Gasteiger charge is 2.16. The van der Waals surface area contributed by atoms with Crippen LogP contribution in [-0.2, 0) is 0 Å². The van der Waals surface area contributed by atoms with Gasteiger partial charge in [0.15, 0.2) is 0 Å². The van der Waals surface area contributed by atoms with Crippen LogP contribution in [0, 0.1) is 12.7 Å². The van der Waals surface area contributed by atoms with Gasteiger partial charge in [0.05, 0.1) is 5.69 Å². The molecular formula is C13H15FN2OS. The van der Waals surface area contributed by atoms with E-state index in [4.69, 9.17) is 0 Å². The molecule has 0 saturated heterocycles. The number of aryl methyl sites for hydroxylation is 1. The molecular weight excluding hydrogens is 251 g/mol. The van der Waals surface area contributed by atoms with Crippen molar-refractivity contribution in [3.63, 3.8) is 0 Å². The van der Waals surface area contributed by atoms with Gasteiger partial charge in [-0.25, -0.2) is 9.37 Å². The summed E-state index contributed by atoms with van der Waals surface area (Å²) >= 11 is 1.47. The Balaban J connectivity index is 2.45. The smallest absolute Gasteiger partial charge is 0.137 e. The third kappa shape index (κ3) is 2.37. The van der Waals surface area contributed by atoms with Crippen LogP contribution in [0.3, 0.4) is 0 Å². The first kappa shape index (κ1) is 13.0. The lowest BCUT2D eigenvalue weighted by Crippen LogP contribution is -2.11. The van der Waals surface area contributed by atoms with Crippen LogP contribution >= 0.6 is 11.3 Å². The summed E-state index contributed by atoms with van der Waals surface area (Å²) in [4.78, 5) is 5.49. The summed E-state index contributed by atoms with van der Waals surface area (Å²) in [7, 11) is 1.88. The van der Waals surface area contributed by atoms with Crippen LogP contribution in [-0.4, -0.2) is 17.1 Å². The lowest BCUT2D eigenvalue weighted by molar-refractivity contribution is 0.469. The summed E-state index contributed by atoms with van der Waals surface area (Å²) in [6.45, 7) is 3.96. The van der Waals surface area contributed by atoms with Gasteiger partial charge in [0.1, 0.15) is 16.6 Å².